The molecule has 1 aromatic carbocycles. The van der Waals surface area contributed by atoms with E-state index in [1.54, 1.807) is 13.0 Å². The normalized spacial score (nSPS) is 10.9. The van der Waals surface area contributed by atoms with Crippen molar-refractivity contribution in [3.05, 3.63) is 28.8 Å². The lowest BCUT2D eigenvalue weighted by Crippen LogP contribution is -2.02. The van der Waals surface area contributed by atoms with E-state index in [0.717, 1.165) is 11.1 Å². The minimum Gasteiger partial charge on any atom is -0.282 e. The lowest BCUT2D eigenvalue weighted by atomic mass is 10.1. The summed E-state index contributed by atoms with van der Waals surface area (Å²) in [5.41, 5.74) is 2.53. The van der Waals surface area contributed by atoms with Gasteiger partial charge in [0, 0.05) is 11.0 Å². The summed E-state index contributed by atoms with van der Waals surface area (Å²) in [5, 5.41) is 0. The van der Waals surface area contributed by atoms with Crippen LogP contribution in [0.5, 0.6) is 0 Å². The minimum atomic E-state index is -4.07. The van der Waals surface area contributed by atoms with Gasteiger partial charge in [-0.2, -0.15) is 8.42 Å². The van der Waals surface area contributed by atoms with Crippen molar-refractivity contribution in [2.45, 2.75) is 25.7 Å². The zero-order valence-electron chi connectivity index (χ0n) is 8.33. The molecule has 5 heteroatoms. The molecular formula is C9H12O3SSi. The highest BCUT2D eigenvalue weighted by Gasteiger charge is 2.14. The van der Waals surface area contributed by atoms with Gasteiger partial charge in [0.05, 0.1) is 4.90 Å². The molecule has 0 unspecified atom stereocenters. The third-order valence-corrected chi connectivity index (χ3v) is 3.28. The predicted octanol–water partition coefficient (Wildman–Crippen LogP) is 1.48. The molecule has 0 spiro atoms. The lowest BCUT2D eigenvalue weighted by Gasteiger charge is -2.07. The first-order valence-electron chi connectivity index (χ1n) is 3.88. The van der Waals surface area contributed by atoms with Crippen LogP contribution in [0.4, 0.5) is 0 Å². The Labute approximate surface area is 88.9 Å². The van der Waals surface area contributed by atoms with Crippen molar-refractivity contribution in [2.24, 2.45) is 0 Å². The molecule has 76 valence electrons. The first kappa shape index (κ1) is 13.3. The number of rotatable bonds is 1. The summed E-state index contributed by atoms with van der Waals surface area (Å²) in [7, 11) is -4.07. The fourth-order valence-corrected chi connectivity index (χ4v) is 1.99. The van der Waals surface area contributed by atoms with Gasteiger partial charge in [-0.05, 0) is 43.5 Å². The van der Waals surface area contributed by atoms with Gasteiger partial charge in [-0.3, -0.25) is 4.55 Å². The van der Waals surface area contributed by atoms with Crippen LogP contribution in [0.15, 0.2) is 17.0 Å². The van der Waals surface area contributed by atoms with Crippen molar-refractivity contribution in [3.8, 4) is 0 Å². The van der Waals surface area contributed by atoms with Gasteiger partial charge in [-0.1, -0.05) is 6.07 Å². The Morgan fingerprint density at radius 1 is 1.07 bits per heavy atom. The van der Waals surface area contributed by atoms with E-state index in [-0.39, 0.29) is 15.9 Å². The van der Waals surface area contributed by atoms with Gasteiger partial charge in [0.2, 0.25) is 0 Å². The van der Waals surface area contributed by atoms with Crippen molar-refractivity contribution >= 4 is 21.1 Å². The second-order valence-corrected chi connectivity index (χ2v) is 4.50. The fourth-order valence-electron chi connectivity index (χ4n) is 1.21. The van der Waals surface area contributed by atoms with Gasteiger partial charge in [-0.15, -0.1) is 0 Å². The topological polar surface area (TPSA) is 54.4 Å². The maximum atomic E-state index is 10.9. The molecule has 0 aliphatic heterocycles. The molecular weight excluding hydrogens is 216 g/mol. The Morgan fingerprint density at radius 2 is 1.57 bits per heavy atom. The monoisotopic (exact) mass is 228 g/mol. The molecule has 3 nitrogen and oxygen atoms in total. The molecule has 1 aromatic rings. The second-order valence-electron chi connectivity index (χ2n) is 3.11. The summed E-state index contributed by atoms with van der Waals surface area (Å²) in [4.78, 5) is -0.00407. The smallest absolute Gasteiger partial charge is 0.282 e. The Morgan fingerprint density at radius 3 is 2.00 bits per heavy atom. The molecule has 0 bridgehead atoms. The van der Waals surface area contributed by atoms with Crippen LogP contribution in [-0.2, 0) is 10.1 Å². The van der Waals surface area contributed by atoms with Crippen LogP contribution in [0.1, 0.15) is 16.7 Å². The summed E-state index contributed by atoms with van der Waals surface area (Å²) in [6, 6.07) is 3.11. The third-order valence-electron chi connectivity index (χ3n) is 2.29. The molecule has 0 aromatic heterocycles. The Balaban J connectivity index is 0.00000169. The molecule has 0 aliphatic carbocycles. The standard InChI is InChI=1S/C9H12O3S.Si/c1-6-4-5-9(13(10,11)12)8(3)7(6)2;/h4-5H,1-3H3,(H,10,11,12);. The van der Waals surface area contributed by atoms with Crippen LogP contribution >= 0.6 is 0 Å². The van der Waals surface area contributed by atoms with E-state index < -0.39 is 10.1 Å². The van der Waals surface area contributed by atoms with Crippen molar-refractivity contribution in [1.29, 1.82) is 0 Å². The fraction of sp³-hybridized carbons (Fsp3) is 0.333. The second kappa shape index (κ2) is 4.25. The first-order chi connectivity index (χ1) is 5.84. The maximum Gasteiger partial charge on any atom is 0.294 e. The van der Waals surface area contributed by atoms with Crippen LogP contribution in [0.2, 0.25) is 0 Å². The van der Waals surface area contributed by atoms with E-state index in [2.05, 4.69) is 0 Å². The average Bonchev–Trinajstić information content (AvgIpc) is 1.98. The van der Waals surface area contributed by atoms with Crippen molar-refractivity contribution in [3.63, 3.8) is 0 Å². The zero-order valence-corrected chi connectivity index (χ0v) is 10.1. The van der Waals surface area contributed by atoms with E-state index in [4.69, 9.17) is 4.55 Å². The minimum absolute atomic E-state index is 0. The van der Waals surface area contributed by atoms with Gasteiger partial charge in [0.25, 0.3) is 10.1 Å². The molecule has 0 heterocycles. The van der Waals surface area contributed by atoms with E-state index >= 15 is 0 Å². The summed E-state index contributed by atoms with van der Waals surface area (Å²) in [6.45, 7) is 5.42. The molecule has 0 saturated carbocycles. The van der Waals surface area contributed by atoms with E-state index in [0.29, 0.717) is 5.56 Å². The summed E-state index contributed by atoms with van der Waals surface area (Å²) in [5.74, 6) is 0. The molecule has 0 fully saturated rings. The molecule has 4 radical (unpaired) electrons. The number of benzene rings is 1. The Bertz CT molecular complexity index is 438. The van der Waals surface area contributed by atoms with Gasteiger partial charge >= 0.3 is 0 Å². The summed E-state index contributed by atoms with van der Waals surface area (Å²) >= 11 is 0. The van der Waals surface area contributed by atoms with Gasteiger partial charge < -0.3 is 0 Å². The van der Waals surface area contributed by atoms with Crippen molar-refractivity contribution in [2.75, 3.05) is 0 Å². The lowest BCUT2D eigenvalue weighted by molar-refractivity contribution is 0.482. The molecule has 1 rings (SSSR count). The molecule has 1 N–H and O–H groups in total. The number of hydrogen-bond acceptors (Lipinski definition) is 2. The van der Waals surface area contributed by atoms with Crippen LogP contribution < -0.4 is 0 Å². The summed E-state index contributed by atoms with van der Waals surface area (Å²) in [6.07, 6.45) is 0. The highest BCUT2D eigenvalue weighted by atomic mass is 32.2. The average molecular weight is 228 g/mol. The van der Waals surface area contributed by atoms with Gasteiger partial charge in [0.1, 0.15) is 0 Å². The maximum absolute atomic E-state index is 10.9. The van der Waals surface area contributed by atoms with Crippen LogP contribution in [-0.4, -0.2) is 23.9 Å². The first-order valence-corrected chi connectivity index (χ1v) is 5.32. The van der Waals surface area contributed by atoms with Crippen LogP contribution in [0.3, 0.4) is 0 Å². The number of hydrogen-bond donors (Lipinski definition) is 1. The summed E-state index contributed by atoms with van der Waals surface area (Å²) < 4.78 is 30.6. The zero-order chi connectivity index (χ0) is 10.2. The third kappa shape index (κ3) is 2.43. The van der Waals surface area contributed by atoms with Gasteiger partial charge in [-0.25, -0.2) is 0 Å². The van der Waals surface area contributed by atoms with Crippen LogP contribution in [0, 0.1) is 20.8 Å². The van der Waals surface area contributed by atoms with Crippen LogP contribution in [0.25, 0.3) is 0 Å². The quantitative estimate of drug-likeness (QED) is 0.585. The Hall–Kier alpha value is -0.653. The highest BCUT2D eigenvalue weighted by Crippen LogP contribution is 2.20. The molecule has 0 atom stereocenters. The predicted molar refractivity (Wildman–Crippen MR) is 56.2 cm³/mol. The Kier molecular flexibility index (Phi) is 4.05. The molecule has 14 heavy (non-hydrogen) atoms. The van der Waals surface area contributed by atoms with Crippen molar-refractivity contribution in [1.82, 2.24) is 0 Å². The number of aryl methyl sites for hydroxylation is 1. The van der Waals surface area contributed by atoms with E-state index in [9.17, 15) is 8.42 Å². The van der Waals surface area contributed by atoms with Gasteiger partial charge in [0.15, 0.2) is 0 Å². The molecule has 0 saturated heterocycles. The van der Waals surface area contributed by atoms with E-state index in [1.165, 1.54) is 6.07 Å². The molecule has 0 amide bonds. The largest absolute Gasteiger partial charge is 0.294 e. The SMILES string of the molecule is Cc1ccc(S(=O)(=O)O)c(C)c1C.[Si]. The molecule has 0 aliphatic rings. The van der Waals surface area contributed by atoms with E-state index in [1.807, 2.05) is 13.8 Å². The highest BCUT2D eigenvalue weighted by molar-refractivity contribution is 7.85. The van der Waals surface area contributed by atoms with Crippen molar-refractivity contribution < 1.29 is 13.0 Å².